The van der Waals surface area contributed by atoms with Gasteiger partial charge in [0, 0.05) is 12.1 Å². The zero-order chi connectivity index (χ0) is 12.1. The van der Waals surface area contributed by atoms with Crippen molar-refractivity contribution < 1.29 is 0 Å². The monoisotopic (exact) mass is 231 g/mol. The summed E-state index contributed by atoms with van der Waals surface area (Å²) in [4.78, 5) is 0. The summed E-state index contributed by atoms with van der Waals surface area (Å²) in [6.07, 6.45) is 6.69. The van der Waals surface area contributed by atoms with Gasteiger partial charge in [0.2, 0.25) is 0 Å². The van der Waals surface area contributed by atoms with E-state index in [0.717, 1.165) is 5.92 Å². The maximum atomic E-state index is 3.83. The molecule has 0 heterocycles. The molecular formula is C16H25N. The van der Waals surface area contributed by atoms with Crippen molar-refractivity contribution in [3.63, 3.8) is 0 Å². The van der Waals surface area contributed by atoms with Crippen LogP contribution in [0.25, 0.3) is 0 Å². The Labute approximate surface area is 106 Å². The van der Waals surface area contributed by atoms with E-state index in [2.05, 4.69) is 49.5 Å². The molecule has 1 N–H and O–H groups in total. The van der Waals surface area contributed by atoms with Crippen molar-refractivity contribution in [1.82, 2.24) is 5.32 Å². The van der Waals surface area contributed by atoms with Crippen LogP contribution in [0.3, 0.4) is 0 Å². The summed E-state index contributed by atoms with van der Waals surface area (Å²) in [6.45, 7) is 4.62. The van der Waals surface area contributed by atoms with E-state index in [0.29, 0.717) is 12.1 Å². The summed E-state index contributed by atoms with van der Waals surface area (Å²) >= 11 is 0. The molecule has 2 atom stereocenters. The Hall–Kier alpha value is -0.820. The normalized spacial score (nSPS) is 18.9. The number of rotatable bonds is 7. The lowest BCUT2D eigenvalue weighted by Gasteiger charge is -2.23. The van der Waals surface area contributed by atoms with Gasteiger partial charge in [0.1, 0.15) is 0 Å². The summed E-state index contributed by atoms with van der Waals surface area (Å²) in [5.74, 6) is 0.933. The second kappa shape index (κ2) is 6.20. The van der Waals surface area contributed by atoms with Crippen molar-refractivity contribution in [3.8, 4) is 0 Å². The Morgan fingerprint density at radius 3 is 2.53 bits per heavy atom. The average Bonchev–Trinajstić information content (AvgIpc) is 3.19. The van der Waals surface area contributed by atoms with Crippen molar-refractivity contribution in [3.05, 3.63) is 35.9 Å². The predicted molar refractivity (Wildman–Crippen MR) is 74.0 cm³/mol. The zero-order valence-electron chi connectivity index (χ0n) is 11.2. The number of benzene rings is 1. The highest BCUT2D eigenvalue weighted by molar-refractivity contribution is 5.19. The molecule has 0 saturated heterocycles. The van der Waals surface area contributed by atoms with E-state index in [1.807, 2.05) is 0 Å². The van der Waals surface area contributed by atoms with Crippen LogP contribution >= 0.6 is 0 Å². The Morgan fingerprint density at radius 1 is 1.24 bits per heavy atom. The van der Waals surface area contributed by atoms with Crippen LogP contribution in [0.2, 0.25) is 0 Å². The van der Waals surface area contributed by atoms with Gasteiger partial charge in [-0.1, -0.05) is 50.1 Å². The van der Waals surface area contributed by atoms with E-state index in [-0.39, 0.29) is 0 Å². The van der Waals surface area contributed by atoms with E-state index < -0.39 is 0 Å². The molecule has 17 heavy (non-hydrogen) atoms. The van der Waals surface area contributed by atoms with Gasteiger partial charge in [-0.05, 0) is 37.7 Å². The summed E-state index contributed by atoms with van der Waals surface area (Å²) in [7, 11) is 0. The van der Waals surface area contributed by atoms with Gasteiger partial charge in [0.05, 0.1) is 0 Å². The molecule has 1 aliphatic rings. The SMILES string of the molecule is CCCCC(NC(C)C1CC1)c1ccccc1. The van der Waals surface area contributed by atoms with Crippen LogP contribution in [-0.4, -0.2) is 6.04 Å². The highest BCUT2D eigenvalue weighted by Crippen LogP contribution is 2.34. The van der Waals surface area contributed by atoms with Crippen LogP contribution in [0.5, 0.6) is 0 Å². The molecule has 1 nitrogen and oxygen atoms in total. The summed E-state index contributed by atoms with van der Waals surface area (Å²) in [5.41, 5.74) is 1.45. The van der Waals surface area contributed by atoms with E-state index in [9.17, 15) is 0 Å². The van der Waals surface area contributed by atoms with Gasteiger partial charge in [-0.3, -0.25) is 0 Å². The van der Waals surface area contributed by atoms with Gasteiger partial charge < -0.3 is 5.32 Å². The third kappa shape index (κ3) is 3.85. The molecular weight excluding hydrogens is 206 g/mol. The number of hydrogen-bond acceptors (Lipinski definition) is 1. The molecule has 2 unspecified atom stereocenters. The second-order valence-corrected chi connectivity index (χ2v) is 5.40. The molecule has 0 bridgehead atoms. The van der Waals surface area contributed by atoms with Crippen LogP contribution in [0, 0.1) is 5.92 Å². The van der Waals surface area contributed by atoms with E-state index >= 15 is 0 Å². The first-order chi connectivity index (χ1) is 8.31. The number of nitrogens with one attached hydrogen (secondary N) is 1. The van der Waals surface area contributed by atoms with Crippen LogP contribution in [0.1, 0.15) is 57.6 Å². The summed E-state index contributed by atoms with van der Waals surface area (Å²) in [6, 6.07) is 12.1. The Balaban J connectivity index is 1.96. The lowest BCUT2D eigenvalue weighted by Crippen LogP contribution is -2.32. The maximum Gasteiger partial charge on any atom is 0.0322 e. The molecule has 1 heteroatoms. The standard InChI is InChI=1S/C16H25N/c1-3-4-10-16(15-8-6-5-7-9-15)17-13(2)14-11-12-14/h5-9,13-14,16-17H,3-4,10-12H2,1-2H3. The lowest BCUT2D eigenvalue weighted by atomic mass is 9.99. The summed E-state index contributed by atoms with van der Waals surface area (Å²) < 4.78 is 0. The van der Waals surface area contributed by atoms with Gasteiger partial charge in [-0.15, -0.1) is 0 Å². The quantitative estimate of drug-likeness (QED) is 0.737. The minimum atomic E-state index is 0.548. The molecule has 0 spiro atoms. The molecule has 94 valence electrons. The van der Waals surface area contributed by atoms with Gasteiger partial charge in [0.25, 0.3) is 0 Å². The van der Waals surface area contributed by atoms with Crippen LogP contribution < -0.4 is 5.32 Å². The predicted octanol–water partition coefficient (Wildman–Crippen LogP) is 4.31. The third-order valence-corrected chi connectivity index (χ3v) is 3.84. The minimum Gasteiger partial charge on any atom is -0.307 e. The Kier molecular flexibility index (Phi) is 4.61. The van der Waals surface area contributed by atoms with Crippen molar-refractivity contribution in [2.24, 2.45) is 5.92 Å². The molecule has 0 aromatic heterocycles. The maximum absolute atomic E-state index is 3.83. The molecule has 1 aromatic rings. The van der Waals surface area contributed by atoms with Crippen LogP contribution in [0.4, 0.5) is 0 Å². The molecule has 1 aromatic carbocycles. The average molecular weight is 231 g/mol. The van der Waals surface area contributed by atoms with E-state index in [4.69, 9.17) is 0 Å². The van der Waals surface area contributed by atoms with Crippen LogP contribution in [-0.2, 0) is 0 Å². The third-order valence-electron chi connectivity index (χ3n) is 3.84. The highest BCUT2D eigenvalue weighted by Gasteiger charge is 2.29. The first-order valence-electron chi connectivity index (χ1n) is 7.12. The Morgan fingerprint density at radius 2 is 1.94 bits per heavy atom. The highest BCUT2D eigenvalue weighted by atomic mass is 15.0. The van der Waals surface area contributed by atoms with Gasteiger partial charge in [-0.2, -0.15) is 0 Å². The van der Waals surface area contributed by atoms with Crippen molar-refractivity contribution >= 4 is 0 Å². The van der Waals surface area contributed by atoms with Crippen LogP contribution in [0.15, 0.2) is 30.3 Å². The van der Waals surface area contributed by atoms with Gasteiger partial charge >= 0.3 is 0 Å². The van der Waals surface area contributed by atoms with E-state index in [1.54, 1.807) is 0 Å². The fraction of sp³-hybridized carbons (Fsp3) is 0.625. The zero-order valence-corrected chi connectivity index (χ0v) is 11.2. The fourth-order valence-corrected chi connectivity index (χ4v) is 2.49. The molecule has 0 amide bonds. The van der Waals surface area contributed by atoms with Gasteiger partial charge in [-0.25, -0.2) is 0 Å². The number of unbranched alkanes of at least 4 members (excludes halogenated alkanes) is 1. The lowest BCUT2D eigenvalue weighted by molar-refractivity contribution is 0.397. The molecule has 0 radical (unpaired) electrons. The minimum absolute atomic E-state index is 0.548. The van der Waals surface area contributed by atoms with E-state index in [1.165, 1.54) is 37.7 Å². The van der Waals surface area contributed by atoms with Crippen molar-refractivity contribution in [1.29, 1.82) is 0 Å². The smallest absolute Gasteiger partial charge is 0.0322 e. The number of hydrogen-bond donors (Lipinski definition) is 1. The first-order valence-corrected chi connectivity index (χ1v) is 7.12. The molecule has 1 fully saturated rings. The summed E-state index contributed by atoms with van der Waals surface area (Å²) in [5, 5.41) is 3.83. The van der Waals surface area contributed by atoms with Gasteiger partial charge in [0.15, 0.2) is 0 Å². The molecule has 0 aliphatic heterocycles. The fourth-order valence-electron chi connectivity index (χ4n) is 2.49. The second-order valence-electron chi connectivity index (χ2n) is 5.40. The van der Waals surface area contributed by atoms with Crippen molar-refractivity contribution in [2.45, 2.75) is 58.0 Å². The largest absolute Gasteiger partial charge is 0.307 e. The topological polar surface area (TPSA) is 12.0 Å². The Bertz CT molecular complexity index is 316. The molecule has 1 aliphatic carbocycles. The first kappa shape index (κ1) is 12.6. The molecule has 1 saturated carbocycles. The van der Waals surface area contributed by atoms with Crippen molar-refractivity contribution in [2.75, 3.05) is 0 Å². The molecule has 2 rings (SSSR count).